The predicted octanol–water partition coefficient (Wildman–Crippen LogP) is 5.41. The van der Waals surface area contributed by atoms with Crippen LogP contribution in [0.4, 0.5) is 18.9 Å². The fourth-order valence-electron chi connectivity index (χ4n) is 2.56. The Morgan fingerprint density at radius 2 is 1.45 bits per heavy atom. The zero-order chi connectivity index (χ0) is 21.0. The van der Waals surface area contributed by atoms with E-state index in [2.05, 4.69) is 9.47 Å². The van der Waals surface area contributed by atoms with Crippen LogP contribution in [0.25, 0.3) is 11.1 Å². The lowest BCUT2D eigenvalue weighted by molar-refractivity contribution is -0.274. The molecular weight excluding hydrogens is 387 g/mol. The minimum atomic E-state index is -4.74. The fraction of sp³-hybridized carbons (Fsp3) is 0.0952. The van der Waals surface area contributed by atoms with Crippen molar-refractivity contribution >= 4 is 11.7 Å². The number of hydrogen-bond donors (Lipinski definition) is 1. The van der Waals surface area contributed by atoms with E-state index in [-0.39, 0.29) is 5.75 Å². The second-order valence-electron chi connectivity index (χ2n) is 5.94. The lowest BCUT2D eigenvalue weighted by atomic mass is 10.0. The first-order valence-corrected chi connectivity index (χ1v) is 8.37. The maximum Gasteiger partial charge on any atom is 0.573 e. The van der Waals surface area contributed by atoms with Crippen LogP contribution < -0.4 is 15.2 Å². The van der Waals surface area contributed by atoms with E-state index >= 15 is 0 Å². The number of ether oxygens (including phenoxy) is 3. The molecule has 0 spiro atoms. The summed E-state index contributed by atoms with van der Waals surface area (Å²) in [6.45, 7) is 0. The van der Waals surface area contributed by atoms with Gasteiger partial charge in [-0.25, -0.2) is 4.79 Å². The van der Waals surface area contributed by atoms with E-state index in [1.54, 1.807) is 42.5 Å². The Balaban J connectivity index is 1.80. The summed E-state index contributed by atoms with van der Waals surface area (Å²) in [6, 6.07) is 16.8. The average molecular weight is 403 g/mol. The second kappa shape index (κ2) is 8.14. The first-order chi connectivity index (χ1) is 13.7. The number of esters is 1. The van der Waals surface area contributed by atoms with Crippen molar-refractivity contribution in [2.45, 2.75) is 6.36 Å². The summed E-state index contributed by atoms with van der Waals surface area (Å²) in [5.74, 6) is 0.0502. The molecular formula is C21H16F3NO4. The van der Waals surface area contributed by atoms with Crippen LogP contribution in [0.1, 0.15) is 10.4 Å². The lowest BCUT2D eigenvalue weighted by Gasteiger charge is -2.12. The third-order valence-electron chi connectivity index (χ3n) is 3.94. The Bertz CT molecular complexity index is 1000. The molecule has 2 N–H and O–H groups in total. The monoisotopic (exact) mass is 403 g/mol. The molecule has 150 valence electrons. The number of hydrogen-bond acceptors (Lipinski definition) is 5. The molecule has 0 aromatic heterocycles. The first-order valence-electron chi connectivity index (χ1n) is 8.37. The Kier molecular flexibility index (Phi) is 5.63. The minimum Gasteiger partial charge on any atom is -0.465 e. The normalized spacial score (nSPS) is 11.0. The molecule has 0 unspecified atom stereocenters. The maximum atomic E-state index is 12.3. The summed E-state index contributed by atoms with van der Waals surface area (Å²) in [6.07, 6.45) is -4.74. The van der Waals surface area contributed by atoms with Crippen molar-refractivity contribution in [2.24, 2.45) is 0 Å². The molecule has 0 bridgehead atoms. The number of nitrogen functional groups attached to an aromatic ring is 1. The van der Waals surface area contributed by atoms with Gasteiger partial charge in [-0.05, 0) is 59.7 Å². The zero-order valence-electron chi connectivity index (χ0n) is 15.2. The molecule has 0 atom stereocenters. The highest BCUT2D eigenvalue weighted by Crippen LogP contribution is 2.33. The van der Waals surface area contributed by atoms with Gasteiger partial charge in [0.05, 0.1) is 18.4 Å². The molecule has 0 fully saturated rings. The summed E-state index contributed by atoms with van der Waals surface area (Å²) in [5.41, 5.74) is 8.07. The number of anilines is 1. The van der Waals surface area contributed by atoms with Crippen LogP contribution in [0.3, 0.4) is 0 Å². The molecule has 0 amide bonds. The number of carbonyl (C=O) groups is 1. The quantitative estimate of drug-likeness (QED) is 0.455. The van der Waals surface area contributed by atoms with Crippen LogP contribution in [-0.2, 0) is 4.74 Å². The summed E-state index contributed by atoms with van der Waals surface area (Å²) >= 11 is 0. The van der Waals surface area contributed by atoms with Gasteiger partial charge in [-0.1, -0.05) is 18.2 Å². The Morgan fingerprint density at radius 3 is 2.03 bits per heavy atom. The van der Waals surface area contributed by atoms with Gasteiger partial charge in [-0.15, -0.1) is 13.2 Å². The van der Waals surface area contributed by atoms with E-state index in [0.717, 1.165) is 0 Å². The van der Waals surface area contributed by atoms with Crippen molar-refractivity contribution < 1.29 is 32.2 Å². The molecule has 0 heterocycles. The van der Waals surface area contributed by atoms with Crippen molar-refractivity contribution in [1.82, 2.24) is 0 Å². The van der Waals surface area contributed by atoms with Gasteiger partial charge in [0.25, 0.3) is 0 Å². The van der Waals surface area contributed by atoms with Gasteiger partial charge in [-0.2, -0.15) is 0 Å². The largest absolute Gasteiger partial charge is 0.573 e. The molecule has 8 heteroatoms. The molecule has 3 rings (SSSR count). The molecule has 3 aromatic carbocycles. The van der Waals surface area contributed by atoms with E-state index in [1.807, 2.05) is 0 Å². The van der Waals surface area contributed by atoms with Crippen LogP contribution in [-0.4, -0.2) is 19.4 Å². The second-order valence-corrected chi connectivity index (χ2v) is 5.94. The van der Waals surface area contributed by atoms with Crippen molar-refractivity contribution in [2.75, 3.05) is 12.8 Å². The number of alkyl halides is 3. The van der Waals surface area contributed by atoms with Gasteiger partial charge in [0.2, 0.25) is 0 Å². The van der Waals surface area contributed by atoms with Crippen molar-refractivity contribution in [3.63, 3.8) is 0 Å². The summed E-state index contributed by atoms with van der Waals surface area (Å²) in [4.78, 5) is 11.5. The number of halogens is 3. The Labute approximate surface area is 164 Å². The topological polar surface area (TPSA) is 70.8 Å². The van der Waals surface area contributed by atoms with Gasteiger partial charge < -0.3 is 19.9 Å². The summed E-state index contributed by atoms with van der Waals surface area (Å²) in [5, 5.41) is 0. The Morgan fingerprint density at radius 1 is 0.862 bits per heavy atom. The number of methoxy groups -OCH3 is 1. The van der Waals surface area contributed by atoms with Crippen LogP contribution in [0, 0.1) is 0 Å². The summed E-state index contributed by atoms with van der Waals surface area (Å²) < 4.78 is 51.1. The van der Waals surface area contributed by atoms with Gasteiger partial charge in [0.1, 0.15) is 11.5 Å². The van der Waals surface area contributed by atoms with Crippen molar-refractivity contribution in [1.29, 1.82) is 0 Å². The van der Waals surface area contributed by atoms with Gasteiger partial charge in [-0.3, -0.25) is 0 Å². The molecule has 0 saturated carbocycles. The summed E-state index contributed by atoms with van der Waals surface area (Å²) in [7, 11) is 1.29. The van der Waals surface area contributed by atoms with Crippen LogP contribution in [0.2, 0.25) is 0 Å². The number of benzene rings is 3. The van der Waals surface area contributed by atoms with E-state index < -0.39 is 12.3 Å². The molecule has 0 aliphatic heterocycles. The predicted molar refractivity (Wildman–Crippen MR) is 101 cm³/mol. The molecule has 3 aromatic rings. The fourth-order valence-corrected chi connectivity index (χ4v) is 2.56. The standard InChI is InChI=1S/C21H16F3NO4/c1-27-20(26)14-4-7-16(8-5-14)28-19-12-15(6-11-18(19)25)13-2-9-17(10-3-13)29-21(22,23)24/h2-12H,25H2,1H3. The third kappa shape index (κ3) is 5.19. The van der Waals surface area contributed by atoms with E-state index in [4.69, 9.17) is 10.5 Å². The molecule has 5 nitrogen and oxygen atoms in total. The molecule has 29 heavy (non-hydrogen) atoms. The molecule has 0 aliphatic rings. The lowest BCUT2D eigenvalue weighted by Crippen LogP contribution is -2.16. The Hall–Kier alpha value is -3.68. The number of carbonyl (C=O) groups excluding carboxylic acids is 1. The van der Waals surface area contributed by atoms with Crippen LogP contribution >= 0.6 is 0 Å². The van der Waals surface area contributed by atoms with E-state index in [1.165, 1.54) is 31.4 Å². The SMILES string of the molecule is COC(=O)c1ccc(Oc2cc(-c3ccc(OC(F)(F)F)cc3)ccc2N)cc1. The third-order valence-corrected chi connectivity index (χ3v) is 3.94. The van der Waals surface area contributed by atoms with Crippen LogP contribution in [0.5, 0.6) is 17.2 Å². The minimum absolute atomic E-state index is 0.307. The highest BCUT2D eigenvalue weighted by Gasteiger charge is 2.30. The molecule has 0 radical (unpaired) electrons. The van der Waals surface area contributed by atoms with Gasteiger partial charge in [0.15, 0.2) is 5.75 Å². The number of nitrogens with two attached hydrogens (primary N) is 1. The van der Waals surface area contributed by atoms with Gasteiger partial charge in [0, 0.05) is 0 Å². The molecule has 0 saturated heterocycles. The van der Waals surface area contributed by atoms with Gasteiger partial charge >= 0.3 is 12.3 Å². The smallest absolute Gasteiger partial charge is 0.465 e. The van der Waals surface area contributed by atoms with Crippen LogP contribution in [0.15, 0.2) is 66.7 Å². The average Bonchev–Trinajstić information content (AvgIpc) is 2.69. The zero-order valence-corrected chi connectivity index (χ0v) is 15.2. The highest BCUT2D eigenvalue weighted by atomic mass is 19.4. The number of rotatable bonds is 5. The van der Waals surface area contributed by atoms with Crippen molar-refractivity contribution in [3.05, 3.63) is 72.3 Å². The van der Waals surface area contributed by atoms with E-state index in [9.17, 15) is 18.0 Å². The first kappa shape index (κ1) is 20.1. The maximum absolute atomic E-state index is 12.3. The van der Waals surface area contributed by atoms with E-state index in [0.29, 0.717) is 33.9 Å². The highest BCUT2D eigenvalue weighted by molar-refractivity contribution is 5.89. The van der Waals surface area contributed by atoms with Crippen molar-refractivity contribution in [3.8, 4) is 28.4 Å². The molecule has 0 aliphatic carbocycles.